The van der Waals surface area contributed by atoms with Gasteiger partial charge in [0, 0.05) is 37.5 Å². The van der Waals surface area contributed by atoms with Gasteiger partial charge in [-0.2, -0.15) is 0 Å². The molecule has 0 bridgehead atoms. The van der Waals surface area contributed by atoms with E-state index in [0.717, 1.165) is 63.3 Å². The second kappa shape index (κ2) is 7.79. The molecule has 0 aromatic heterocycles. The predicted octanol–water partition coefficient (Wildman–Crippen LogP) is 2.07. The van der Waals surface area contributed by atoms with Gasteiger partial charge in [0.05, 0.1) is 13.2 Å². The quantitative estimate of drug-likeness (QED) is 0.923. The van der Waals surface area contributed by atoms with Gasteiger partial charge in [-0.25, -0.2) is 0 Å². The fourth-order valence-corrected chi connectivity index (χ4v) is 3.24. The molecule has 23 heavy (non-hydrogen) atoms. The van der Waals surface area contributed by atoms with Gasteiger partial charge in [-0.3, -0.25) is 4.79 Å². The van der Waals surface area contributed by atoms with Gasteiger partial charge in [-0.05, 0) is 44.2 Å². The molecule has 5 nitrogen and oxygen atoms in total. The van der Waals surface area contributed by atoms with Crippen LogP contribution in [-0.4, -0.2) is 56.3 Å². The van der Waals surface area contributed by atoms with Crippen molar-refractivity contribution in [3.63, 3.8) is 0 Å². The topological polar surface area (TPSA) is 50.8 Å². The van der Waals surface area contributed by atoms with Crippen molar-refractivity contribution in [2.24, 2.45) is 0 Å². The Balaban J connectivity index is 1.58. The molecule has 1 amide bonds. The molecular formula is C18H26N2O3. The number of nitrogens with zero attached hydrogens (tertiary/aromatic N) is 1. The van der Waals surface area contributed by atoms with Gasteiger partial charge in [0.1, 0.15) is 11.9 Å². The highest BCUT2D eigenvalue weighted by Gasteiger charge is 2.23. The molecule has 0 radical (unpaired) electrons. The molecule has 3 rings (SSSR count). The summed E-state index contributed by atoms with van der Waals surface area (Å²) in [5.41, 5.74) is 0.737. The van der Waals surface area contributed by atoms with Gasteiger partial charge in [0.15, 0.2) is 0 Å². The molecule has 1 unspecified atom stereocenters. The second-order valence-electron chi connectivity index (χ2n) is 6.33. The molecule has 2 heterocycles. The first-order chi connectivity index (χ1) is 11.3. The average molecular weight is 318 g/mol. The number of rotatable bonds is 4. The maximum atomic E-state index is 12.6. The Morgan fingerprint density at radius 1 is 1.22 bits per heavy atom. The number of amides is 1. The Morgan fingerprint density at radius 2 is 1.96 bits per heavy atom. The average Bonchev–Trinajstić information content (AvgIpc) is 2.63. The molecule has 1 aromatic carbocycles. The van der Waals surface area contributed by atoms with E-state index in [0.29, 0.717) is 6.04 Å². The minimum absolute atomic E-state index is 0.113. The zero-order valence-corrected chi connectivity index (χ0v) is 13.8. The lowest BCUT2D eigenvalue weighted by Crippen LogP contribution is -2.46. The van der Waals surface area contributed by atoms with Crippen LogP contribution < -0.4 is 10.1 Å². The molecule has 1 atom stereocenters. The van der Waals surface area contributed by atoms with Crippen LogP contribution in [-0.2, 0) is 4.74 Å². The maximum Gasteiger partial charge on any atom is 0.253 e. The summed E-state index contributed by atoms with van der Waals surface area (Å²) in [5, 5.41) is 3.27. The third-order valence-corrected chi connectivity index (χ3v) is 4.69. The van der Waals surface area contributed by atoms with E-state index in [-0.39, 0.29) is 12.0 Å². The van der Waals surface area contributed by atoms with E-state index >= 15 is 0 Å². The lowest BCUT2D eigenvalue weighted by Gasteiger charge is -2.32. The Hall–Kier alpha value is -1.59. The van der Waals surface area contributed by atoms with Crippen LogP contribution in [0.5, 0.6) is 5.75 Å². The van der Waals surface area contributed by atoms with Crippen LogP contribution in [0, 0.1) is 0 Å². The number of piperidine rings is 1. The maximum absolute atomic E-state index is 12.6. The van der Waals surface area contributed by atoms with E-state index in [9.17, 15) is 4.79 Å². The summed E-state index contributed by atoms with van der Waals surface area (Å²) in [6.45, 7) is 3.17. The number of nitrogens with one attached hydrogen (secondary N) is 1. The van der Waals surface area contributed by atoms with Crippen molar-refractivity contribution in [2.45, 2.75) is 37.8 Å². The summed E-state index contributed by atoms with van der Waals surface area (Å²) in [6, 6.07) is 7.97. The highest BCUT2D eigenvalue weighted by Crippen LogP contribution is 2.20. The number of likely N-dealkylation sites (tertiary alicyclic amines) is 1. The van der Waals surface area contributed by atoms with E-state index in [1.54, 1.807) is 0 Å². The first-order valence-corrected chi connectivity index (χ1v) is 8.57. The molecule has 0 aliphatic carbocycles. The van der Waals surface area contributed by atoms with E-state index < -0.39 is 0 Å². The van der Waals surface area contributed by atoms with Gasteiger partial charge in [0.2, 0.25) is 0 Å². The SMILES string of the molecule is CNC1CCCN(C(=O)c2ccc(OC3CCOCC3)cc2)C1. The number of hydrogen-bond acceptors (Lipinski definition) is 4. The lowest BCUT2D eigenvalue weighted by molar-refractivity contribution is 0.0255. The fourth-order valence-electron chi connectivity index (χ4n) is 3.24. The molecule has 126 valence electrons. The van der Waals surface area contributed by atoms with Crippen molar-refractivity contribution < 1.29 is 14.3 Å². The van der Waals surface area contributed by atoms with Crippen molar-refractivity contribution >= 4 is 5.91 Å². The van der Waals surface area contributed by atoms with Crippen molar-refractivity contribution in [3.05, 3.63) is 29.8 Å². The zero-order valence-electron chi connectivity index (χ0n) is 13.8. The number of hydrogen-bond donors (Lipinski definition) is 1. The smallest absolute Gasteiger partial charge is 0.253 e. The first kappa shape index (κ1) is 16.3. The lowest BCUT2D eigenvalue weighted by atomic mass is 10.0. The Labute approximate surface area is 137 Å². The number of carbonyl (C=O) groups excluding carboxylic acids is 1. The summed E-state index contributed by atoms with van der Waals surface area (Å²) in [5.74, 6) is 0.947. The molecular weight excluding hydrogens is 292 g/mol. The summed E-state index contributed by atoms with van der Waals surface area (Å²) in [6.07, 6.45) is 4.28. The van der Waals surface area contributed by atoms with E-state index in [1.807, 2.05) is 36.2 Å². The minimum Gasteiger partial charge on any atom is -0.490 e. The van der Waals surface area contributed by atoms with E-state index in [2.05, 4.69) is 5.32 Å². The highest BCUT2D eigenvalue weighted by molar-refractivity contribution is 5.94. The third kappa shape index (κ3) is 4.24. The molecule has 0 spiro atoms. The van der Waals surface area contributed by atoms with Crippen LogP contribution in [0.2, 0.25) is 0 Å². The summed E-state index contributed by atoms with van der Waals surface area (Å²) >= 11 is 0. The Bertz CT molecular complexity index is 512. The van der Waals surface area contributed by atoms with Crippen LogP contribution >= 0.6 is 0 Å². The van der Waals surface area contributed by atoms with Crippen molar-refractivity contribution in [3.8, 4) is 5.75 Å². The number of carbonyl (C=O) groups is 1. The molecule has 2 saturated heterocycles. The summed E-state index contributed by atoms with van der Waals surface area (Å²) in [7, 11) is 1.96. The predicted molar refractivity (Wildman–Crippen MR) is 88.9 cm³/mol. The number of benzene rings is 1. The molecule has 2 aliphatic rings. The van der Waals surface area contributed by atoms with E-state index in [1.165, 1.54) is 0 Å². The molecule has 2 aliphatic heterocycles. The van der Waals surface area contributed by atoms with Crippen LogP contribution in [0.15, 0.2) is 24.3 Å². The standard InChI is InChI=1S/C18H26N2O3/c1-19-15-3-2-10-20(13-15)18(21)14-4-6-16(7-5-14)23-17-8-11-22-12-9-17/h4-7,15,17,19H,2-3,8-13H2,1H3. The second-order valence-corrected chi connectivity index (χ2v) is 6.33. The largest absolute Gasteiger partial charge is 0.490 e. The first-order valence-electron chi connectivity index (χ1n) is 8.57. The van der Waals surface area contributed by atoms with Crippen molar-refractivity contribution in [1.29, 1.82) is 0 Å². The third-order valence-electron chi connectivity index (χ3n) is 4.69. The normalized spacial score (nSPS) is 22.8. The van der Waals surface area contributed by atoms with Gasteiger partial charge >= 0.3 is 0 Å². The number of likely N-dealkylation sites (N-methyl/N-ethyl adjacent to an activating group) is 1. The van der Waals surface area contributed by atoms with Crippen LogP contribution in [0.25, 0.3) is 0 Å². The monoisotopic (exact) mass is 318 g/mol. The Morgan fingerprint density at radius 3 is 2.65 bits per heavy atom. The van der Waals surface area contributed by atoms with Crippen molar-refractivity contribution in [1.82, 2.24) is 10.2 Å². The Kier molecular flexibility index (Phi) is 5.51. The number of ether oxygens (including phenoxy) is 2. The van der Waals surface area contributed by atoms with Crippen LogP contribution in [0.3, 0.4) is 0 Å². The van der Waals surface area contributed by atoms with E-state index in [4.69, 9.17) is 9.47 Å². The summed E-state index contributed by atoms with van der Waals surface area (Å²) in [4.78, 5) is 14.5. The van der Waals surface area contributed by atoms with Crippen LogP contribution in [0.4, 0.5) is 0 Å². The fraction of sp³-hybridized carbons (Fsp3) is 0.611. The summed E-state index contributed by atoms with van der Waals surface area (Å²) < 4.78 is 11.3. The minimum atomic E-state index is 0.113. The van der Waals surface area contributed by atoms with Crippen molar-refractivity contribution in [2.75, 3.05) is 33.4 Å². The van der Waals surface area contributed by atoms with Gasteiger partial charge < -0.3 is 19.7 Å². The molecule has 2 fully saturated rings. The highest BCUT2D eigenvalue weighted by atomic mass is 16.5. The molecule has 0 saturated carbocycles. The molecule has 1 N–H and O–H groups in total. The van der Waals surface area contributed by atoms with Gasteiger partial charge in [-0.1, -0.05) is 0 Å². The van der Waals surface area contributed by atoms with Crippen LogP contribution in [0.1, 0.15) is 36.0 Å². The molecule has 5 heteroatoms. The van der Waals surface area contributed by atoms with Gasteiger partial charge in [0.25, 0.3) is 5.91 Å². The molecule has 1 aromatic rings. The zero-order chi connectivity index (χ0) is 16.1. The van der Waals surface area contributed by atoms with Gasteiger partial charge in [-0.15, -0.1) is 0 Å².